The summed E-state index contributed by atoms with van der Waals surface area (Å²) in [4.78, 5) is 22.0. The topological polar surface area (TPSA) is 102 Å². The molecule has 0 radical (unpaired) electrons. The van der Waals surface area contributed by atoms with E-state index in [1.54, 1.807) is 0 Å². The van der Waals surface area contributed by atoms with Crippen LogP contribution in [-0.2, 0) is 9.59 Å². The fourth-order valence-electron chi connectivity index (χ4n) is 1.93. The SMILES string of the molecule is NC(=O)C[C@@H](Nc1ccc(Oc2cc(F)c(F)cc2Br)cc1)C(=O)O. The minimum absolute atomic E-state index is 0.0803. The van der Waals surface area contributed by atoms with Gasteiger partial charge in [-0.05, 0) is 46.3 Å². The number of carboxylic acids is 1. The van der Waals surface area contributed by atoms with Crippen molar-refractivity contribution in [1.29, 1.82) is 0 Å². The van der Waals surface area contributed by atoms with Gasteiger partial charge in [-0.3, -0.25) is 4.79 Å². The van der Waals surface area contributed by atoms with E-state index in [1.165, 1.54) is 24.3 Å². The maximum Gasteiger partial charge on any atom is 0.326 e. The molecule has 25 heavy (non-hydrogen) atoms. The Bertz CT molecular complexity index is 799. The minimum Gasteiger partial charge on any atom is -0.480 e. The predicted molar refractivity (Wildman–Crippen MR) is 89.4 cm³/mol. The van der Waals surface area contributed by atoms with E-state index in [0.29, 0.717) is 11.4 Å². The minimum atomic E-state index is -1.22. The van der Waals surface area contributed by atoms with Crippen LogP contribution in [-0.4, -0.2) is 23.0 Å². The highest BCUT2D eigenvalue weighted by Crippen LogP contribution is 2.32. The lowest BCUT2D eigenvalue weighted by molar-refractivity contribution is -0.139. The van der Waals surface area contributed by atoms with E-state index >= 15 is 0 Å². The molecule has 0 heterocycles. The summed E-state index contributed by atoms with van der Waals surface area (Å²) in [5, 5.41) is 11.7. The maximum absolute atomic E-state index is 13.3. The Labute approximate surface area is 149 Å². The Morgan fingerprint density at radius 1 is 1.20 bits per heavy atom. The third kappa shape index (κ3) is 5.15. The summed E-state index contributed by atoms with van der Waals surface area (Å²) in [5.74, 6) is -3.62. The highest BCUT2D eigenvalue weighted by atomic mass is 79.9. The van der Waals surface area contributed by atoms with Crippen LogP contribution in [0.3, 0.4) is 0 Å². The molecule has 0 aliphatic heterocycles. The van der Waals surface area contributed by atoms with Crippen LogP contribution in [0.15, 0.2) is 40.9 Å². The summed E-state index contributed by atoms with van der Waals surface area (Å²) in [5.41, 5.74) is 5.43. The number of benzene rings is 2. The molecule has 0 saturated carbocycles. The Morgan fingerprint density at radius 3 is 2.36 bits per heavy atom. The van der Waals surface area contributed by atoms with Crippen molar-refractivity contribution < 1.29 is 28.2 Å². The molecule has 0 saturated heterocycles. The molecule has 1 amide bonds. The Balaban J connectivity index is 2.10. The fraction of sp³-hybridized carbons (Fsp3) is 0.125. The number of nitrogens with two attached hydrogens (primary N) is 1. The van der Waals surface area contributed by atoms with Crippen LogP contribution in [0.4, 0.5) is 14.5 Å². The summed E-state index contributed by atoms with van der Waals surface area (Å²) >= 11 is 3.07. The number of hydrogen-bond donors (Lipinski definition) is 3. The molecule has 0 aromatic heterocycles. The second-order valence-electron chi connectivity index (χ2n) is 5.03. The summed E-state index contributed by atoms with van der Waals surface area (Å²) in [6, 6.07) is 6.71. The lowest BCUT2D eigenvalue weighted by Gasteiger charge is -2.15. The van der Waals surface area contributed by atoms with Gasteiger partial charge >= 0.3 is 5.97 Å². The number of rotatable bonds is 7. The molecule has 6 nitrogen and oxygen atoms in total. The number of carbonyl (C=O) groups is 2. The first-order chi connectivity index (χ1) is 11.8. The van der Waals surface area contributed by atoms with Crippen molar-refractivity contribution in [3.63, 3.8) is 0 Å². The van der Waals surface area contributed by atoms with Crippen LogP contribution in [0, 0.1) is 11.6 Å². The predicted octanol–water partition coefficient (Wildman–Crippen LogP) is 3.26. The Hall–Kier alpha value is -2.68. The summed E-state index contributed by atoms with van der Waals surface area (Å²) in [6.07, 6.45) is -0.366. The zero-order valence-electron chi connectivity index (χ0n) is 12.6. The largest absolute Gasteiger partial charge is 0.480 e. The van der Waals surface area contributed by atoms with Gasteiger partial charge in [0.2, 0.25) is 5.91 Å². The van der Waals surface area contributed by atoms with Crippen LogP contribution in [0.2, 0.25) is 0 Å². The van der Waals surface area contributed by atoms with E-state index in [2.05, 4.69) is 21.2 Å². The van der Waals surface area contributed by atoms with Crippen LogP contribution < -0.4 is 15.8 Å². The first kappa shape index (κ1) is 18.7. The summed E-state index contributed by atoms with van der Waals surface area (Å²) in [7, 11) is 0. The van der Waals surface area contributed by atoms with E-state index in [1.807, 2.05) is 0 Å². The van der Waals surface area contributed by atoms with Gasteiger partial charge in [0.1, 0.15) is 17.5 Å². The number of nitrogens with one attached hydrogen (secondary N) is 1. The van der Waals surface area contributed by atoms with E-state index in [9.17, 15) is 18.4 Å². The molecule has 0 aliphatic carbocycles. The first-order valence-electron chi connectivity index (χ1n) is 6.96. The Morgan fingerprint density at radius 2 is 1.80 bits per heavy atom. The maximum atomic E-state index is 13.3. The molecule has 132 valence electrons. The molecule has 2 aromatic carbocycles. The van der Waals surface area contributed by atoms with E-state index in [0.717, 1.165) is 12.1 Å². The molecular formula is C16H13BrF2N2O4. The van der Waals surface area contributed by atoms with E-state index in [4.69, 9.17) is 15.6 Å². The average molecular weight is 415 g/mol. The van der Waals surface area contributed by atoms with Gasteiger partial charge in [0.15, 0.2) is 11.6 Å². The number of ether oxygens (including phenoxy) is 1. The average Bonchev–Trinajstić information content (AvgIpc) is 2.53. The Kier molecular flexibility index (Phi) is 5.92. The lowest BCUT2D eigenvalue weighted by Crippen LogP contribution is -2.33. The molecule has 2 rings (SSSR count). The van der Waals surface area contributed by atoms with Crippen LogP contribution in [0.25, 0.3) is 0 Å². The van der Waals surface area contributed by atoms with Gasteiger partial charge in [-0.15, -0.1) is 0 Å². The van der Waals surface area contributed by atoms with Gasteiger partial charge in [-0.2, -0.15) is 0 Å². The molecule has 0 spiro atoms. The number of carboxylic acid groups (broad SMARTS) is 1. The van der Waals surface area contributed by atoms with Crippen molar-refractivity contribution >= 4 is 33.5 Å². The number of anilines is 1. The van der Waals surface area contributed by atoms with Gasteiger partial charge in [0.25, 0.3) is 0 Å². The van der Waals surface area contributed by atoms with Crippen molar-refractivity contribution in [3.8, 4) is 11.5 Å². The van der Waals surface area contributed by atoms with E-state index in [-0.39, 0.29) is 16.6 Å². The van der Waals surface area contributed by atoms with Crippen LogP contribution >= 0.6 is 15.9 Å². The normalized spacial score (nSPS) is 11.6. The van der Waals surface area contributed by atoms with E-state index < -0.39 is 29.6 Å². The summed E-state index contributed by atoms with van der Waals surface area (Å²) in [6.45, 7) is 0. The van der Waals surface area contributed by atoms with Gasteiger partial charge < -0.3 is 20.9 Å². The standard InChI is InChI=1S/C16H13BrF2N2O4/c17-10-5-11(18)12(19)6-14(10)25-9-3-1-8(2-4-9)21-13(16(23)24)7-15(20)22/h1-6,13,21H,7H2,(H2,20,22)(H,23,24)/t13-/m1/s1. The van der Waals surface area contributed by atoms with Gasteiger partial charge in [-0.25, -0.2) is 13.6 Å². The molecule has 0 bridgehead atoms. The first-order valence-corrected chi connectivity index (χ1v) is 7.75. The third-order valence-electron chi connectivity index (χ3n) is 3.10. The molecule has 0 aliphatic rings. The van der Waals surface area contributed by atoms with Crippen LogP contribution in [0.1, 0.15) is 6.42 Å². The number of hydrogen-bond acceptors (Lipinski definition) is 4. The van der Waals surface area contributed by atoms with Crippen molar-refractivity contribution in [1.82, 2.24) is 0 Å². The molecule has 1 atom stereocenters. The highest BCUT2D eigenvalue weighted by Gasteiger charge is 2.19. The van der Waals surface area contributed by atoms with Gasteiger partial charge in [-0.1, -0.05) is 0 Å². The molecule has 4 N–H and O–H groups in total. The second-order valence-corrected chi connectivity index (χ2v) is 5.88. The molecule has 9 heteroatoms. The number of halogens is 3. The molecule has 0 unspecified atom stereocenters. The van der Waals surface area contributed by atoms with Gasteiger partial charge in [0.05, 0.1) is 10.9 Å². The van der Waals surface area contributed by atoms with Crippen molar-refractivity contribution in [3.05, 3.63) is 52.5 Å². The fourth-order valence-corrected chi connectivity index (χ4v) is 2.33. The highest BCUT2D eigenvalue weighted by molar-refractivity contribution is 9.10. The smallest absolute Gasteiger partial charge is 0.326 e. The number of amides is 1. The number of carbonyl (C=O) groups excluding carboxylic acids is 1. The molecular weight excluding hydrogens is 402 g/mol. The van der Waals surface area contributed by atoms with Crippen molar-refractivity contribution in [2.75, 3.05) is 5.32 Å². The third-order valence-corrected chi connectivity index (χ3v) is 3.72. The summed E-state index contributed by atoms with van der Waals surface area (Å²) < 4.78 is 32.0. The second kappa shape index (κ2) is 7.93. The van der Waals surface area contributed by atoms with Gasteiger partial charge in [0, 0.05) is 11.8 Å². The molecule has 2 aromatic rings. The monoisotopic (exact) mass is 414 g/mol. The van der Waals surface area contributed by atoms with Crippen molar-refractivity contribution in [2.24, 2.45) is 5.73 Å². The zero-order valence-corrected chi connectivity index (χ0v) is 14.2. The van der Waals surface area contributed by atoms with Crippen molar-refractivity contribution in [2.45, 2.75) is 12.5 Å². The number of primary amides is 1. The number of aliphatic carboxylic acids is 1. The zero-order chi connectivity index (χ0) is 18.6. The quantitative estimate of drug-likeness (QED) is 0.603. The molecule has 0 fully saturated rings. The lowest BCUT2D eigenvalue weighted by atomic mass is 10.2. The van der Waals surface area contributed by atoms with Crippen LogP contribution in [0.5, 0.6) is 11.5 Å².